The first-order valence-electron chi connectivity index (χ1n) is 26.5. The Morgan fingerprint density at radius 2 is 1.06 bits per heavy atom. The van der Waals surface area contributed by atoms with Crippen LogP contribution in [0.4, 0.5) is 0 Å². The van der Waals surface area contributed by atoms with Crippen molar-refractivity contribution in [3.05, 3.63) is 0 Å². The molecular formula is C51H86O21. The molecule has 9 rings (SSSR count). The summed E-state index contributed by atoms with van der Waals surface area (Å²) in [4.78, 5) is 0. The average Bonchev–Trinajstić information content (AvgIpc) is 3.68. The van der Waals surface area contributed by atoms with Crippen LogP contribution in [0.15, 0.2) is 0 Å². The number of rotatable bonds is 10. The molecular weight excluding hydrogens is 949 g/mol. The predicted octanol–water partition coefficient (Wildman–Crippen LogP) is -1.62. The number of hydrogen-bond acceptors (Lipinski definition) is 21. The van der Waals surface area contributed by atoms with Gasteiger partial charge in [0.2, 0.25) is 0 Å². The lowest BCUT2D eigenvalue weighted by Crippen LogP contribution is -2.72. The van der Waals surface area contributed by atoms with Crippen LogP contribution in [0.2, 0.25) is 0 Å². The lowest BCUT2D eigenvalue weighted by Gasteiger charge is -2.74. The smallest absolute Gasteiger partial charge is 0.187 e. The quantitative estimate of drug-likeness (QED) is 0.109. The molecule has 0 aromatic rings. The van der Waals surface area contributed by atoms with E-state index in [0.717, 1.165) is 25.7 Å². The minimum atomic E-state index is -1.78. The molecule has 0 radical (unpaired) electrons. The molecule has 4 aliphatic heterocycles. The second-order valence-electron chi connectivity index (χ2n) is 25.6. The third-order valence-corrected chi connectivity index (χ3v) is 21.0. The van der Waals surface area contributed by atoms with Gasteiger partial charge in [0.1, 0.15) is 79.4 Å². The van der Waals surface area contributed by atoms with Gasteiger partial charge in [0.05, 0.1) is 50.3 Å². The van der Waals surface area contributed by atoms with E-state index in [0.29, 0.717) is 25.7 Å². The summed E-state index contributed by atoms with van der Waals surface area (Å²) in [5.74, 6) is -0.361. The Labute approximate surface area is 421 Å². The third kappa shape index (κ3) is 8.89. The van der Waals surface area contributed by atoms with Gasteiger partial charge in [0.25, 0.3) is 0 Å². The van der Waals surface area contributed by atoms with E-state index in [-0.39, 0.29) is 54.8 Å². The Morgan fingerprint density at radius 1 is 0.514 bits per heavy atom. The van der Waals surface area contributed by atoms with Crippen molar-refractivity contribution in [3.8, 4) is 0 Å². The Bertz CT molecular complexity index is 1890. The first kappa shape index (κ1) is 55.9. The van der Waals surface area contributed by atoms with Gasteiger partial charge in [-0.2, -0.15) is 0 Å². The average molecular weight is 1040 g/mol. The van der Waals surface area contributed by atoms with Gasteiger partial charge in [-0.1, -0.05) is 41.5 Å². The van der Waals surface area contributed by atoms with Crippen molar-refractivity contribution < 1.29 is 104 Å². The maximum Gasteiger partial charge on any atom is 0.187 e. The van der Waals surface area contributed by atoms with Crippen molar-refractivity contribution >= 4 is 0 Å². The molecule has 21 heteroatoms. The first-order valence-corrected chi connectivity index (χ1v) is 26.5. The summed E-state index contributed by atoms with van der Waals surface area (Å²) in [7, 11) is 0. The standard InChI is InChI=1S/C51H86O21/c1-46(2)30(70-45-40(33(58)24(55)19-67-45)72-44-37(62)35(60)34(59)27(17-52)69-44)12-14-49(6)29-10-9-28-48(5)13-11-21(47(3,4)64)31(48)26(16-51(28,8)50(29,7)15-22(53)41(46)49)68-43-38(63)39(25(56)20-66-43)71-42-36(61)32(57)23(54)18-65-42/h21-45,52-64H,9-20H2,1-8H3. The SMILES string of the molecule is CC(C)(O)C1CCC2(C)C1C(OC1OCC(O)C(OC3OCC(O)C(O)C3O)C1O)CC1(C)C2CCC2C3(C)CCC(OC4OCC(O)C(O)C4OC4OC(CO)C(O)C(O)C4O)C(C)(C)C3C(O)CC21C. The van der Waals surface area contributed by atoms with Gasteiger partial charge in [0, 0.05) is 0 Å². The van der Waals surface area contributed by atoms with Crippen LogP contribution in [0.25, 0.3) is 0 Å². The van der Waals surface area contributed by atoms with Crippen LogP contribution in [0.1, 0.15) is 107 Å². The maximum atomic E-state index is 12.9. The summed E-state index contributed by atoms with van der Waals surface area (Å²) in [5, 5.41) is 142. The number of fused-ring (bicyclic) bond motifs is 7. The van der Waals surface area contributed by atoms with E-state index in [4.69, 9.17) is 37.9 Å². The van der Waals surface area contributed by atoms with Gasteiger partial charge in [-0.3, -0.25) is 0 Å². The summed E-state index contributed by atoms with van der Waals surface area (Å²) in [6.45, 7) is 15.5. The molecule has 5 aliphatic carbocycles. The fourth-order valence-electron chi connectivity index (χ4n) is 17.4. The lowest BCUT2D eigenvalue weighted by molar-refractivity contribution is -0.370. The van der Waals surface area contributed by atoms with E-state index in [2.05, 4.69) is 41.5 Å². The highest BCUT2D eigenvalue weighted by Gasteiger charge is 2.75. The van der Waals surface area contributed by atoms with Crippen molar-refractivity contribution in [3.63, 3.8) is 0 Å². The molecule has 9 aliphatic rings. The van der Waals surface area contributed by atoms with Crippen molar-refractivity contribution in [2.45, 2.75) is 235 Å². The molecule has 416 valence electrons. The number of hydrogen-bond donors (Lipinski definition) is 13. The van der Waals surface area contributed by atoms with Crippen molar-refractivity contribution in [1.29, 1.82) is 0 Å². The summed E-state index contributed by atoms with van der Waals surface area (Å²) in [6, 6.07) is 0. The molecule has 0 spiro atoms. The topological polar surface area (TPSA) is 337 Å². The molecule has 0 bridgehead atoms. The van der Waals surface area contributed by atoms with Crippen LogP contribution in [0.3, 0.4) is 0 Å². The van der Waals surface area contributed by atoms with Gasteiger partial charge in [-0.05, 0) is 122 Å². The predicted molar refractivity (Wildman–Crippen MR) is 247 cm³/mol. The summed E-state index contributed by atoms with van der Waals surface area (Å²) < 4.78 is 48.9. The van der Waals surface area contributed by atoms with E-state index < -0.39 is 157 Å². The molecule has 13 N–H and O–H groups in total. The highest BCUT2D eigenvalue weighted by Crippen LogP contribution is 2.78. The van der Waals surface area contributed by atoms with Gasteiger partial charge >= 0.3 is 0 Å². The van der Waals surface area contributed by atoms with Gasteiger partial charge in [-0.15, -0.1) is 0 Å². The van der Waals surface area contributed by atoms with Crippen LogP contribution >= 0.6 is 0 Å². The molecule has 9 fully saturated rings. The highest BCUT2D eigenvalue weighted by atomic mass is 16.8. The summed E-state index contributed by atoms with van der Waals surface area (Å²) in [5.41, 5.74) is -3.47. The molecule has 29 unspecified atom stereocenters. The molecule has 0 amide bonds. The van der Waals surface area contributed by atoms with E-state index >= 15 is 0 Å². The normalized spacial score (nSPS) is 56.9. The molecule has 0 aromatic heterocycles. The second-order valence-corrected chi connectivity index (χ2v) is 25.6. The van der Waals surface area contributed by atoms with Crippen LogP contribution in [-0.2, 0) is 37.9 Å². The molecule has 72 heavy (non-hydrogen) atoms. The largest absolute Gasteiger partial charge is 0.394 e. The zero-order valence-corrected chi connectivity index (χ0v) is 43.0. The van der Waals surface area contributed by atoms with E-state index in [9.17, 15) is 66.4 Å². The van der Waals surface area contributed by atoms with E-state index in [1.807, 2.05) is 13.8 Å². The molecule has 0 aromatic carbocycles. The number of ether oxygens (including phenoxy) is 8. The summed E-state index contributed by atoms with van der Waals surface area (Å²) >= 11 is 0. The Kier molecular flexibility index (Phi) is 15.4. The van der Waals surface area contributed by atoms with Crippen LogP contribution < -0.4 is 0 Å². The van der Waals surface area contributed by atoms with Crippen LogP contribution in [0.5, 0.6) is 0 Å². The second kappa shape index (κ2) is 19.8. The molecule has 29 atom stereocenters. The minimum absolute atomic E-state index is 0.109. The van der Waals surface area contributed by atoms with Gasteiger partial charge in [-0.25, -0.2) is 0 Å². The zero-order chi connectivity index (χ0) is 52.6. The third-order valence-electron chi connectivity index (χ3n) is 21.0. The van der Waals surface area contributed by atoms with Crippen molar-refractivity contribution in [1.82, 2.24) is 0 Å². The van der Waals surface area contributed by atoms with E-state index in [1.54, 1.807) is 0 Å². The number of aliphatic hydroxyl groups is 13. The number of aliphatic hydroxyl groups excluding tert-OH is 12. The fraction of sp³-hybridized carbons (Fsp3) is 1.00. The zero-order valence-electron chi connectivity index (χ0n) is 43.0. The molecule has 4 saturated heterocycles. The molecule has 4 heterocycles. The lowest BCUT2D eigenvalue weighted by atomic mass is 9.31. The highest BCUT2D eigenvalue weighted by molar-refractivity contribution is 5.23. The van der Waals surface area contributed by atoms with Crippen LogP contribution in [0, 0.1) is 56.7 Å². The van der Waals surface area contributed by atoms with Gasteiger partial charge < -0.3 is 104 Å². The Hall–Kier alpha value is -0.840. The minimum Gasteiger partial charge on any atom is -0.394 e. The Morgan fingerprint density at radius 3 is 1.69 bits per heavy atom. The van der Waals surface area contributed by atoms with Gasteiger partial charge in [0.15, 0.2) is 25.2 Å². The first-order chi connectivity index (χ1) is 33.5. The molecule has 5 saturated carbocycles. The van der Waals surface area contributed by atoms with Crippen LogP contribution in [-0.4, -0.2) is 221 Å². The fourth-order valence-corrected chi connectivity index (χ4v) is 17.4. The van der Waals surface area contributed by atoms with Crippen molar-refractivity contribution in [2.75, 3.05) is 26.4 Å². The van der Waals surface area contributed by atoms with E-state index in [1.165, 1.54) is 0 Å². The monoisotopic (exact) mass is 1030 g/mol. The van der Waals surface area contributed by atoms with Crippen molar-refractivity contribution in [2.24, 2.45) is 56.7 Å². The molecule has 21 nitrogen and oxygen atoms in total. The summed E-state index contributed by atoms with van der Waals surface area (Å²) in [6.07, 6.45) is -21.8. The maximum absolute atomic E-state index is 12.9. The Balaban J connectivity index is 0.975.